The summed E-state index contributed by atoms with van der Waals surface area (Å²) in [5, 5.41) is 0. The quantitative estimate of drug-likeness (QED) is 0.622. The van der Waals surface area contributed by atoms with Crippen LogP contribution in [0.15, 0.2) is 0 Å². The smallest absolute Gasteiger partial charge is 0.309 e. The Balaban J connectivity index is 2.06. The summed E-state index contributed by atoms with van der Waals surface area (Å²) in [4.78, 5) is 14.0. The first-order chi connectivity index (χ1) is 6.76. The van der Waals surface area contributed by atoms with Crippen LogP contribution in [-0.4, -0.2) is 37.6 Å². The molecule has 0 aromatic rings. The highest BCUT2D eigenvalue weighted by Crippen LogP contribution is 2.42. The van der Waals surface area contributed by atoms with Gasteiger partial charge in [0.05, 0.1) is 13.0 Å². The van der Waals surface area contributed by atoms with Crippen LogP contribution in [0.3, 0.4) is 0 Å². The van der Waals surface area contributed by atoms with E-state index in [1.54, 1.807) is 0 Å². The Kier molecular flexibility index (Phi) is 2.77. The third kappa shape index (κ3) is 1.54. The van der Waals surface area contributed by atoms with Crippen LogP contribution < -0.4 is 0 Å². The number of likely N-dealkylation sites (tertiary alicyclic amines) is 1. The fourth-order valence-electron chi connectivity index (χ4n) is 3.10. The average molecular weight is 197 g/mol. The summed E-state index contributed by atoms with van der Waals surface area (Å²) in [5.74, 6) is 1.33. The lowest BCUT2D eigenvalue weighted by Gasteiger charge is -2.35. The summed E-state index contributed by atoms with van der Waals surface area (Å²) in [6, 6.07) is 0. The fourth-order valence-corrected chi connectivity index (χ4v) is 3.10. The predicted octanol–water partition coefficient (Wildman–Crippen LogP) is 1.14. The lowest BCUT2D eigenvalue weighted by atomic mass is 9.85. The Morgan fingerprint density at radius 2 is 1.93 bits per heavy atom. The van der Waals surface area contributed by atoms with E-state index in [-0.39, 0.29) is 11.9 Å². The summed E-state index contributed by atoms with van der Waals surface area (Å²) in [6.07, 6.45) is 2.42. The first-order valence-corrected chi connectivity index (χ1v) is 5.56. The number of rotatable bonds is 2. The highest BCUT2D eigenvalue weighted by molar-refractivity contribution is 5.73. The van der Waals surface area contributed by atoms with Crippen molar-refractivity contribution in [1.29, 1.82) is 0 Å². The monoisotopic (exact) mass is 197 g/mol. The Bertz CT molecular complexity index is 215. The van der Waals surface area contributed by atoms with Crippen molar-refractivity contribution in [2.75, 3.05) is 26.7 Å². The fraction of sp³-hybridized carbons (Fsp3) is 0.909. The van der Waals surface area contributed by atoms with E-state index in [4.69, 9.17) is 4.74 Å². The maximum absolute atomic E-state index is 11.6. The number of carbonyl (C=O) groups excluding carboxylic acids is 1. The second kappa shape index (κ2) is 3.89. The van der Waals surface area contributed by atoms with E-state index in [9.17, 15) is 4.79 Å². The number of piperidine rings is 1. The molecule has 0 amide bonds. The first-order valence-electron chi connectivity index (χ1n) is 5.56. The number of ether oxygens (including phenoxy) is 1. The van der Waals surface area contributed by atoms with Crippen molar-refractivity contribution in [3.05, 3.63) is 0 Å². The van der Waals surface area contributed by atoms with E-state index in [1.807, 2.05) is 0 Å². The van der Waals surface area contributed by atoms with Crippen LogP contribution in [0.25, 0.3) is 0 Å². The van der Waals surface area contributed by atoms with Crippen LogP contribution >= 0.6 is 0 Å². The van der Waals surface area contributed by atoms with Gasteiger partial charge in [-0.1, -0.05) is 6.92 Å². The molecule has 0 radical (unpaired) electrons. The molecule has 1 heterocycles. The van der Waals surface area contributed by atoms with Crippen LogP contribution in [0.5, 0.6) is 0 Å². The van der Waals surface area contributed by atoms with Gasteiger partial charge >= 0.3 is 5.97 Å². The second-order valence-electron chi connectivity index (χ2n) is 4.50. The summed E-state index contributed by atoms with van der Waals surface area (Å²) in [6.45, 7) is 5.48. The van der Waals surface area contributed by atoms with E-state index in [2.05, 4.69) is 11.8 Å². The molecular formula is C11H19NO2. The van der Waals surface area contributed by atoms with Crippen LogP contribution in [-0.2, 0) is 9.53 Å². The number of hydrogen-bond acceptors (Lipinski definition) is 3. The minimum Gasteiger partial charge on any atom is -0.469 e. The van der Waals surface area contributed by atoms with Crippen molar-refractivity contribution >= 4 is 5.97 Å². The molecule has 14 heavy (non-hydrogen) atoms. The number of fused-ring (bicyclic) bond motifs is 2. The molecule has 2 bridgehead atoms. The van der Waals surface area contributed by atoms with Gasteiger partial charge in [-0.2, -0.15) is 0 Å². The van der Waals surface area contributed by atoms with Gasteiger partial charge in [0.15, 0.2) is 0 Å². The molecule has 1 saturated heterocycles. The number of carbonyl (C=O) groups is 1. The van der Waals surface area contributed by atoms with Crippen molar-refractivity contribution in [2.24, 2.45) is 17.8 Å². The number of esters is 1. The van der Waals surface area contributed by atoms with Crippen molar-refractivity contribution in [3.63, 3.8) is 0 Å². The van der Waals surface area contributed by atoms with Gasteiger partial charge in [-0.05, 0) is 31.2 Å². The van der Waals surface area contributed by atoms with Gasteiger partial charge in [0.1, 0.15) is 0 Å². The summed E-state index contributed by atoms with van der Waals surface area (Å²) < 4.78 is 4.88. The molecule has 2 atom stereocenters. The molecule has 0 spiro atoms. The van der Waals surface area contributed by atoms with Crippen molar-refractivity contribution < 1.29 is 9.53 Å². The molecule has 1 saturated carbocycles. The summed E-state index contributed by atoms with van der Waals surface area (Å²) in [7, 11) is 1.51. The van der Waals surface area contributed by atoms with Crippen molar-refractivity contribution in [1.82, 2.24) is 4.90 Å². The van der Waals surface area contributed by atoms with Crippen LogP contribution in [0.4, 0.5) is 0 Å². The first kappa shape index (κ1) is 9.97. The minimum absolute atomic E-state index is 0.0215. The molecule has 2 fully saturated rings. The molecule has 1 aliphatic carbocycles. The lowest BCUT2D eigenvalue weighted by Crippen LogP contribution is -2.44. The molecule has 3 nitrogen and oxygen atoms in total. The van der Waals surface area contributed by atoms with E-state index in [0.29, 0.717) is 11.8 Å². The Hall–Kier alpha value is -0.570. The van der Waals surface area contributed by atoms with E-state index < -0.39 is 0 Å². The molecule has 2 rings (SSSR count). The van der Waals surface area contributed by atoms with Gasteiger partial charge in [-0.25, -0.2) is 0 Å². The minimum atomic E-state index is 0.0215. The van der Waals surface area contributed by atoms with E-state index in [0.717, 1.165) is 19.6 Å². The van der Waals surface area contributed by atoms with Gasteiger partial charge in [-0.15, -0.1) is 0 Å². The van der Waals surface area contributed by atoms with Gasteiger partial charge in [0.2, 0.25) is 0 Å². The maximum atomic E-state index is 11.6. The van der Waals surface area contributed by atoms with Gasteiger partial charge in [0, 0.05) is 13.1 Å². The molecule has 80 valence electrons. The van der Waals surface area contributed by atoms with Crippen LogP contribution in [0, 0.1) is 17.8 Å². The zero-order valence-electron chi connectivity index (χ0n) is 9.03. The summed E-state index contributed by atoms with van der Waals surface area (Å²) >= 11 is 0. The van der Waals surface area contributed by atoms with Crippen molar-refractivity contribution in [3.8, 4) is 0 Å². The largest absolute Gasteiger partial charge is 0.469 e. The van der Waals surface area contributed by atoms with E-state index >= 15 is 0 Å². The molecule has 2 unspecified atom stereocenters. The third-order valence-electron chi connectivity index (χ3n) is 3.83. The van der Waals surface area contributed by atoms with Gasteiger partial charge in [-0.3, -0.25) is 4.79 Å². The molecule has 2 aliphatic rings. The van der Waals surface area contributed by atoms with Crippen molar-refractivity contribution in [2.45, 2.75) is 19.8 Å². The lowest BCUT2D eigenvalue weighted by molar-refractivity contribution is -0.150. The number of methoxy groups -OCH3 is 1. The van der Waals surface area contributed by atoms with E-state index in [1.165, 1.54) is 20.0 Å². The number of nitrogens with zero attached hydrogens (tertiary/aromatic N) is 1. The Labute approximate surface area is 85.4 Å². The van der Waals surface area contributed by atoms with Gasteiger partial charge < -0.3 is 9.64 Å². The summed E-state index contributed by atoms with van der Waals surface area (Å²) in [5.41, 5.74) is 0. The zero-order valence-corrected chi connectivity index (χ0v) is 9.03. The maximum Gasteiger partial charge on any atom is 0.309 e. The SMILES string of the molecule is CCN1CC2CCC(C1)C2C(=O)OC. The second-order valence-corrected chi connectivity index (χ2v) is 4.50. The predicted molar refractivity (Wildman–Crippen MR) is 53.8 cm³/mol. The molecule has 0 aromatic heterocycles. The third-order valence-corrected chi connectivity index (χ3v) is 3.83. The van der Waals surface area contributed by atoms with Gasteiger partial charge in [0.25, 0.3) is 0 Å². The molecule has 1 aliphatic heterocycles. The highest BCUT2D eigenvalue weighted by Gasteiger charge is 2.45. The normalized spacial score (nSPS) is 37.1. The molecule has 0 N–H and O–H groups in total. The topological polar surface area (TPSA) is 29.5 Å². The Morgan fingerprint density at radius 1 is 1.36 bits per heavy atom. The molecular weight excluding hydrogens is 178 g/mol. The Morgan fingerprint density at radius 3 is 2.36 bits per heavy atom. The number of hydrogen-bond donors (Lipinski definition) is 0. The highest BCUT2D eigenvalue weighted by atomic mass is 16.5. The standard InChI is InChI=1S/C11H19NO2/c1-3-12-6-8-4-5-9(7-12)10(8)11(13)14-2/h8-10H,3-7H2,1-2H3. The molecule has 3 heteroatoms. The van der Waals surface area contributed by atoms with Crippen LogP contribution in [0.2, 0.25) is 0 Å². The van der Waals surface area contributed by atoms with Crippen LogP contribution in [0.1, 0.15) is 19.8 Å². The molecule has 0 aromatic carbocycles. The zero-order chi connectivity index (χ0) is 10.1. The average Bonchev–Trinajstić information content (AvgIpc) is 2.48.